The second kappa shape index (κ2) is 4.95. The van der Waals surface area contributed by atoms with E-state index in [1.807, 2.05) is 0 Å². The minimum atomic E-state index is -1.06. The van der Waals surface area contributed by atoms with Crippen molar-refractivity contribution >= 4 is 16.9 Å². The Labute approximate surface area is 118 Å². The third-order valence-corrected chi connectivity index (χ3v) is 3.52. The van der Waals surface area contributed by atoms with Gasteiger partial charge in [0.2, 0.25) is 5.43 Å². The molecule has 1 heterocycles. The van der Waals surface area contributed by atoms with Crippen LogP contribution in [0.15, 0.2) is 23.1 Å². The van der Waals surface area contributed by atoms with Gasteiger partial charge in [-0.3, -0.25) is 4.79 Å². The highest BCUT2D eigenvalue weighted by Gasteiger charge is 2.29. The zero-order valence-electron chi connectivity index (χ0n) is 11.4. The lowest BCUT2D eigenvalue weighted by Crippen LogP contribution is -2.21. The molecule has 110 valence electrons. The summed E-state index contributed by atoms with van der Waals surface area (Å²) in [7, 11) is 0. The number of hydrogen-bond acceptors (Lipinski definition) is 3. The molecule has 1 saturated carbocycles. The van der Waals surface area contributed by atoms with Gasteiger partial charge in [0, 0.05) is 17.6 Å². The highest BCUT2D eigenvalue weighted by atomic mass is 19.2. The summed E-state index contributed by atoms with van der Waals surface area (Å²) in [4.78, 5) is 24.2. The highest BCUT2D eigenvalue weighted by Crippen LogP contribution is 2.37. The van der Waals surface area contributed by atoms with Gasteiger partial charge in [-0.2, -0.15) is 0 Å². The lowest BCUT2D eigenvalue weighted by Gasteiger charge is -2.13. The largest absolute Gasteiger partial charge is 0.462 e. The van der Waals surface area contributed by atoms with Crippen LogP contribution < -0.4 is 5.43 Å². The summed E-state index contributed by atoms with van der Waals surface area (Å²) in [5.41, 5.74) is -0.878. The summed E-state index contributed by atoms with van der Waals surface area (Å²) in [5, 5.41) is -0.00801. The SMILES string of the molecule is CCOC(=O)c1cn(C2CC2)c2c(F)c(F)ccc2c1=O. The van der Waals surface area contributed by atoms with Crippen molar-refractivity contribution in [2.75, 3.05) is 6.61 Å². The van der Waals surface area contributed by atoms with Crippen LogP contribution >= 0.6 is 0 Å². The molecule has 1 aromatic heterocycles. The number of halogens is 2. The molecule has 0 unspecified atom stereocenters. The van der Waals surface area contributed by atoms with E-state index in [2.05, 4.69) is 0 Å². The highest BCUT2D eigenvalue weighted by molar-refractivity contribution is 5.94. The molecule has 0 radical (unpaired) electrons. The van der Waals surface area contributed by atoms with Gasteiger partial charge in [0.1, 0.15) is 5.56 Å². The number of nitrogens with zero attached hydrogens (tertiary/aromatic N) is 1. The summed E-state index contributed by atoms with van der Waals surface area (Å²) in [6.07, 6.45) is 2.88. The van der Waals surface area contributed by atoms with E-state index in [9.17, 15) is 18.4 Å². The van der Waals surface area contributed by atoms with E-state index in [-0.39, 0.29) is 29.1 Å². The first kappa shape index (κ1) is 13.7. The number of esters is 1. The van der Waals surface area contributed by atoms with Crippen LogP contribution in [0.25, 0.3) is 10.9 Å². The van der Waals surface area contributed by atoms with Gasteiger partial charge >= 0.3 is 5.97 Å². The van der Waals surface area contributed by atoms with Crippen LogP contribution in [0.4, 0.5) is 8.78 Å². The van der Waals surface area contributed by atoms with Gasteiger partial charge in [-0.15, -0.1) is 0 Å². The smallest absolute Gasteiger partial charge is 0.343 e. The maximum atomic E-state index is 14.1. The lowest BCUT2D eigenvalue weighted by molar-refractivity contribution is 0.0524. The first-order valence-electron chi connectivity index (χ1n) is 6.74. The Balaban J connectivity index is 2.34. The van der Waals surface area contributed by atoms with Crippen molar-refractivity contribution in [3.8, 4) is 0 Å². The third kappa shape index (κ3) is 2.20. The van der Waals surface area contributed by atoms with Gasteiger partial charge in [-0.1, -0.05) is 0 Å². The van der Waals surface area contributed by atoms with Gasteiger partial charge in [0.15, 0.2) is 11.6 Å². The van der Waals surface area contributed by atoms with Crippen LogP contribution in [-0.2, 0) is 4.74 Å². The zero-order valence-corrected chi connectivity index (χ0v) is 11.4. The Morgan fingerprint density at radius 2 is 2.10 bits per heavy atom. The molecule has 0 bridgehead atoms. The number of carbonyl (C=O) groups excluding carboxylic acids is 1. The standard InChI is InChI=1S/C15H13F2NO3/c1-2-21-15(20)10-7-18(8-3-4-8)13-9(14(10)19)5-6-11(16)12(13)17/h5-8H,2-4H2,1H3. The molecule has 21 heavy (non-hydrogen) atoms. The Kier molecular flexibility index (Phi) is 3.23. The Morgan fingerprint density at radius 3 is 2.71 bits per heavy atom. The van der Waals surface area contributed by atoms with E-state index >= 15 is 0 Å². The first-order valence-corrected chi connectivity index (χ1v) is 6.74. The quantitative estimate of drug-likeness (QED) is 0.818. The summed E-state index contributed by atoms with van der Waals surface area (Å²) >= 11 is 0. The molecule has 6 heteroatoms. The van der Waals surface area contributed by atoms with Gasteiger partial charge in [-0.05, 0) is 31.9 Å². The molecule has 1 fully saturated rings. The minimum Gasteiger partial charge on any atom is -0.462 e. The molecule has 0 spiro atoms. The molecule has 0 aliphatic heterocycles. The Morgan fingerprint density at radius 1 is 1.38 bits per heavy atom. The van der Waals surface area contributed by atoms with Crippen molar-refractivity contribution in [3.05, 3.63) is 45.8 Å². The average molecular weight is 293 g/mol. The summed E-state index contributed by atoms with van der Waals surface area (Å²) in [6, 6.07) is 2.08. The summed E-state index contributed by atoms with van der Waals surface area (Å²) in [6.45, 7) is 1.77. The van der Waals surface area contributed by atoms with Crippen LogP contribution in [0.3, 0.4) is 0 Å². The fourth-order valence-corrected chi connectivity index (χ4v) is 2.38. The number of pyridine rings is 1. The molecule has 3 rings (SSSR count). The lowest BCUT2D eigenvalue weighted by atomic mass is 10.1. The monoisotopic (exact) mass is 293 g/mol. The first-order chi connectivity index (χ1) is 10.0. The van der Waals surface area contributed by atoms with Crippen molar-refractivity contribution in [2.24, 2.45) is 0 Å². The van der Waals surface area contributed by atoms with E-state index in [0.29, 0.717) is 0 Å². The average Bonchev–Trinajstić information content (AvgIpc) is 3.28. The Bertz CT molecular complexity index is 794. The van der Waals surface area contributed by atoms with Crippen molar-refractivity contribution in [3.63, 3.8) is 0 Å². The van der Waals surface area contributed by atoms with Gasteiger partial charge in [0.05, 0.1) is 12.1 Å². The van der Waals surface area contributed by atoms with Gasteiger partial charge in [-0.25, -0.2) is 13.6 Å². The molecule has 0 N–H and O–H groups in total. The van der Waals surface area contributed by atoms with Crippen molar-refractivity contribution in [1.82, 2.24) is 4.57 Å². The molecule has 0 amide bonds. The molecule has 0 atom stereocenters. The number of rotatable bonds is 3. The maximum absolute atomic E-state index is 14.1. The van der Waals surface area contributed by atoms with E-state index in [4.69, 9.17) is 4.74 Å². The van der Waals surface area contributed by atoms with Crippen molar-refractivity contribution in [2.45, 2.75) is 25.8 Å². The second-order valence-corrected chi connectivity index (χ2v) is 4.99. The van der Waals surface area contributed by atoms with Crippen LogP contribution in [0.5, 0.6) is 0 Å². The third-order valence-electron chi connectivity index (χ3n) is 3.52. The normalized spacial score (nSPS) is 14.4. The fourth-order valence-electron chi connectivity index (χ4n) is 2.38. The molecule has 4 nitrogen and oxygen atoms in total. The molecule has 1 aromatic carbocycles. The molecule has 0 saturated heterocycles. The number of carbonyl (C=O) groups is 1. The maximum Gasteiger partial charge on any atom is 0.343 e. The topological polar surface area (TPSA) is 48.3 Å². The number of fused-ring (bicyclic) bond motifs is 1. The minimum absolute atomic E-state index is 0.00801. The van der Waals surface area contributed by atoms with Crippen LogP contribution in [0.1, 0.15) is 36.2 Å². The molecule has 1 aliphatic carbocycles. The van der Waals surface area contributed by atoms with E-state index in [0.717, 1.165) is 18.9 Å². The predicted octanol–water partition coefficient (Wildman–Crippen LogP) is 2.79. The summed E-state index contributed by atoms with van der Waals surface area (Å²) < 4.78 is 33.8. The molecule has 1 aliphatic rings. The Hall–Kier alpha value is -2.24. The number of ether oxygens (including phenoxy) is 1. The van der Waals surface area contributed by atoms with Crippen molar-refractivity contribution < 1.29 is 18.3 Å². The van der Waals surface area contributed by atoms with E-state index in [1.54, 1.807) is 6.92 Å². The van der Waals surface area contributed by atoms with Crippen LogP contribution in [-0.4, -0.2) is 17.1 Å². The summed E-state index contributed by atoms with van der Waals surface area (Å²) in [5.74, 6) is -2.82. The van der Waals surface area contributed by atoms with Gasteiger partial charge in [0.25, 0.3) is 0 Å². The van der Waals surface area contributed by atoms with E-state index < -0.39 is 23.0 Å². The predicted molar refractivity (Wildman–Crippen MR) is 72.4 cm³/mol. The number of hydrogen-bond donors (Lipinski definition) is 0. The zero-order chi connectivity index (χ0) is 15.1. The second-order valence-electron chi connectivity index (χ2n) is 4.99. The van der Waals surface area contributed by atoms with Gasteiger partial charge < -0.3 is 9.30 Å². The van der Waals surface area contributed by atoms with Crippen LogP contribution in [0, 0.1) is 11.6 Å². The van der Waals surface area contributed by atoms with E-state index in [1.165, 1.54) is 16.8 Å². The molecular weight excluding hydrogens is 280 g/mol. The number of aromatic nitrogens is 1. The van der Waals surface area contributed by atoms with Crippen molar-refractivity contribution in [1.29, 1.82) is 0 Å². The number of benzene rings is 1. The fraction of sp³-hybridized carbons (Fsp3) is 0.333. The molecule has 2 aromatic rings. The van der Waals surface area contributed by atoms with Crippen LogP contribution in [0.2, 0.25) is 0 Å². The molecular formula is C15H13F2NO3.